The Kier molecular flexibility index (Phi) is 3.88. The molecular formula is C12H15F3OSi. The smallest absolute Gasteiger partial charge is 0.395 e. The molecule has 0 spiro atoms. The highest BCUT2D eigenvalue weighted by molar-refractivity contribution is 6.54. The number of rotatable bonds is 2. The Balaban J connectivity index is 2.25. The van der Waals surface area contributed by atoms with Crippen LogP contribution < -0.4 is 0 Å². The van der Waals surface area contributed by atoms with Crippen molar-refractivity contribution < 1.29 is 17.6 Å². The largest absolute Gasteiger partial charge is 0.419 e. The fourth-order valence-corrected chi connectivity index (χ4v) is 5.23. The lowest BCUT2D eigenvalue weighted by molar-refractivity contribution is -0.136. The second-order valence-corrected chi connectivity index (χ2v) is 6.99. The number of hydrogen-bond acceptors (Lipinski definition) is 1. The normalized spacial score (nSPS) is 23.4. The van der Waals surface area contributed by atoms with Gasteiger partial charge in [0, 0.05) is 6.61 Å². The Morgan fingerprint density at radius 1 is 1.12 bits per heavy atom. The van der Waals surface area contributed by atoms with E-state index in [-0.39, 0.29) is 0 Å². The Morgan fingerprint density at radius 3 is 2.35 bits per heavy atom. The van der Waals surface area contributed by atoms with E-state index in [0.717, 1.165) is 12.8 Å². The summed E-state index contributed by atoms with van der Waals surface area (Å²) in [7, 11) is -2.22. The van der Waals surface area contributed by atoms with Gasteiger partial charge in [-0.2, -0.15) is 13.2 Å². The van der Waals surface area contributed by atoms with Crippen LogP contribution in [0.3, 0.4) is 0 Å². The summed E-state index contributed by atoms with van der Waals surface area (Å²) in [5, 5.41) is 0. The van der Waals surface area contributed by atoms with E-state index < -0.39 is 20.8 Å². The number of benzene rings is 1. The highest BCUT2D eigenvalue weighted by atomic mass is 28.3. The van der Waals surface area contributed by atoms with Crippen molar-refractivity contribution in [3.05, 3.63) is 35.9 Å². The van der Waals surface area contributed by atoms with Gasteiger partial charge in [0.05, 0.1) is 5.54 Å². The van der Waals surface area contributed by atoms with Crippen molar-refractivity contribution in [3.8, 4) is 0 Å². The molecule has 1 heterocycles. The molecular weight excluding hydrogens is 245 g/mol. The molecule has 1 fully saturated rings. The fraction of sp³-hybridized carbons (Fsp3) is 0.500. The molecule has 5 heteroatoms. The second-order valence-electron chi connectivity index (χ2n) is 4.33. The molecule has 94 valence electrons. The van der Waals surface area contributed by atoms with Gasteiger partial charge in [0.25, 0.3) is 0 Å². The van der Waals surface area contributed by atoms with E-state index >= 15 is 0 Å². The molecule has 1 aliphatic heterocycles. The lowest BCUT2D eigenvalue weighted by Gasteiger charge is -2.30. The van der Waals surface area contributed by atoms with E-state index in [1.807, 2.05) is 0 Å². The minimum Gasteiger partial charge on any atom is -0.419 e. The van der Waals surface area contributed by atoms with Crippen LogP contribution in [0.1, 0.15) is 23.9 Å². The van der Waals surface area contributed by atoms with Crippen LogP contribution in [0.25, 0.3) is 0 Å². The molecule has 0 saturated carbocycles. The van der Waals surface area contributed by atoms with E-state index in [2.05, 4.69) is 0 Å². The molecule has 0 aliphatic carbocycles. The summed E-state index contributed by atoms with van der Waals surface area (Å²) in [6.45, 7) is 0.496. The first-order valence-corrected chi connectivity index (χ1v) is 7.78. The third-order valence-corrected chi connectivity index (χ3v) is 6.25. The molecule has 2 atom stereocenters. The van der Waals surface area contributed by atoms with E-state index in [0.29, 0.717) is 18.2 Å². The Bertz CT molecular complexity index is 347. The lowest BCUT2D eigenvalue weighted by Crippen LogP contribution is -2.39. The Labute approximate surface area is 100 Å². The third kappa shape index (κ3) is 3.10. The maximum Gasteiger partial charge on any atom is 0.395 e. The van der Waals surface area contributed by atoms with Crippen LogP contribution in [0, 0.1) is 0 Å². The van der Waals surface area contributed by atoms with Gasteiger partial charge in [0.1, 0.15) is 0 Å². The van der Waals surface area contributed by atoms with Crippen molar-refractivity contribution in [3.63, 3.8) is 0 Å². The van der Waals surface area contributed by atoms with Gasteiger partial charge in [-0.05, 0) is 18.0 Å². The number of alkyl halides is 3. The average Bonchev–Trinajstić information content (AvgIpc) is 2.30. The number of hydrogen-bond donors (Lipinski definition) is 0. The summed E-state index contributed by atoms with van der Waals surface area (Å²) in [4.78, 5) is 0. The first-order chi connectivity index (χ1) is 8.09. The van der Waals surface area contributed by atoms with Crippen LogP contribution in [0.15, 0.2) is 30.3 Å². The molecule has 1 aromatic rings. The van der Waals surface area contributed by atoms with Crippen molar-refractivity contribution in [2.45, 2.75) is 30.6 Å². The van der Waals surface area contributed by atoms with Crippen LogP contribution in [0.4, 0.5) is 13.2 Å². The van der Waals surface area contributed by atoms with Crippen LogP contribution in [-0.4, -0.2) is 21.8 Å². The van der Waals surface area contributed by atoms with E-state index in [4.69, 9.17) is 4.43 Å². The first kappa shape index (κ1) is 12.6. The van der Waals surface area contributed by atoms with Crippen LogP contribution >= 0.6 is 0 Å². The molecule has 2 rings (SSSR count). The summed E-state index contributed by atoms with van der Waals surface area (Å²) in [6, 6.07) is 8.79. The molecule has 2 unspecified atom stereocenters. The quantitative estimate of drug-likeness (QED) is 0.740. The van der Waals surface area contributed by atoms with Crippen LogP contribution in [0.2, 0.25) is 6.04 Å². The predicted octanol–water partition coefficient (Wildman–Crippen LogP) is 3.41. The molecule has 1 saturated heterocycles. The molecule has 1 aromatic carbocycles. The van der Waals surface area contributed by atoms with Gasteiger partial charge in [0.15, 0.2) is 9.04 Å². The summed E-state index contributed by atoms with van der Waals surface area (Å²) < 4.78 is 44.9. The van der Waals surface area contributed by atoms with Crippen LogP contribution in [-0.2, 0) is 4.43 Å². The molecule has 0 bridgehead atoms. The minimum atomic E-state index is -4.18. The summed E-state index contributed by atoms with van der Waals surface area (Å²) in [6.07, 6.45) is -2.42. The number of halogens is 3. The van der Waals surface area contributed by atoms with Crippen molar-refractivity contribution in [2.75, 3.05) is 6.61 Å². The van der Waals surface area contributed by atoms with Gasteiger partial charge >= 0.3 is 6.18 Å². The summed E-state index contributed by atoms with van der Waals surface area (Å²) in [5.41, 5.74) is -0.998. The zero-order valence-corrected chi connectivity index (χ0v) is 10.6. The van der Waals surface area contributed by atoms with Crippen molar-refractivity contribution in [1.29, 1.82) is 0 Å². The Hall–Kier alpha value is -0.813. The average molecular weight is 260 g/mol. The highest BCUT2D eigenvalue weighted by Crippen LogP contribution is 2.39. The minimum absolute atomic E-state index is 0.360. The van der Waals surface area contributed by atoms with Crippen molar-refractivity contribution >= 4 is 9.04 Å². The lowest BCUT2D eigenvalue weighted by atomic mass is 10.1. The van der Waals surface area contributed by atoms with E-state index in [9.17, 15) is 13.2 Å². The molecule has 1 nitrogen and oxygen atoms in total. The fourth-order valence-electron chi connectivity index (χ4n) is 2.30. The molecule has 0 radical (unpaired) electrons. The zero-order valence-electron chi connectivity index (χ0n) is 9.41. The summed E-state index contributed by atoms with van der Waals surface area (Å²) in [5.74, 6) is 0. The van der Waals surface area contributed by atoms with Crippen molar-refractivity contribution in [2.24, 2.45) is 0 Å². The monoisotopic (exact) mass is 260 g/mol. The van der Waals surface area contributed by atoms with Gasteiger partial charge in [-0.3, -0.25) is 0 Å². The van der Waals surface area contributed by atoms with Gasteiger partial charge in [-0.1, -0.05) is 36.8 Å². The maximum atomic E-state index is 13.1. The Morgan fingerprint density at radius 2 is 1.82 bits per heavy atom. The third-order valence-electron chi connectivity index (χ3n) is 3.10. The van der Waals surface area contributed by atoms with E-state index in [1.54, 1.807) is 30.3 Å². The van der Waals surface area contributed by atoms with Gasteiger partial charge in [-0.15, -0.1) is 0 Å². The van der Waals surface area contributed by atoms with E-state index in [1.165, 1.54) is 0 Å². The molecule has 0 amide bonds. The van der Waals surface area contributed by atoms with Crippen LogP contribution in [0.5, 0.6) is 0 Å². The van der Waals surface area contributed by atoms with Crippen molar-refractivity contribution in [1.82, 2.24) is 0 Å². The molecule has 0 aromatic heterocycles. The second kappa shape index (κ2) is 5.22. The first-order valence-electron chi connectivity index (χ1n) is 5.82. The topological polar surface area (TPSA) is 9.23 Å². The molecule has 1 aliphatic rings. The highest BCUT2D eigenvalue weighted by Gasteiger charge is 2.47. The van der Waals surface area contributed by atoms with Gasteiger partial charge in [-0.25, -0.2) is 0 Å². The maximum absolute atomic E-state index is 13.1. The zero-order chi connectivity index (χ0) is 12.3. The van der Waals surface area contributed by atoms with Gasteiger partial charge in [0.2, 0.25) is 0 Å². The standard InChI is InChI=1S/C12H15F3OSi/c13-12(14,15)11(10-6-2-1-3-7-10)17-9-5-4-8-16-17/h1-3,6-7,11,17H,4-5,8-9H2. The molecule has 17 heavy (non-hydrogen) atoms. The SMILES string of the molecule is FC(F)(F)C(c1ccccc1)[SiH]1CCCCO1. The predicted molar refractivity (Wildman–Crippen MR) is 62.4 cm³/mol. The molecule has 0 N–H and O–H groups in total. The summed E-state index contributed by atoms with van der Waals surface area (Å²) >= 11 is 0. The van der Waals surface area contributed by atoms with Gasteiger partial charge < -0.3 is 4.43 Å².